The van der Waals surface area contributed by atoms with Gasteiger partial charge in [-0.3, -0.25) is 4.90 Å². The molecule has 1 aliphatic rings. The number of likely N-dealkylation sites (tertiary alicyclic amines) is 1. The van der Waals surface area contributed by atoms with E-state index >= 15 is 0 Å². The summed E-state index contributed by atoms with van der Waals surface area (Å²) in [6, 6.07) is -0.122. The van der Waals surface area contributed by atoms with Crippen LogP contribution in [0.5, 0.6) is 0 Å². The minimum absolute atomic E-state index is 0.122. The van der Waals surface area contributed by atoms with Gasteiger partial charge in [-0.15, -0.1) is 11.3 Å². The first kappa shape index (κ1) is 16.7. The number of thiazole rings is 1. The Balaban J connectivity index is 2.10. The summed E-state index contributed by atoms with van der Waals surface area (Å²) in [5.74, 6) is -0.424. The Kier molecular flexibility index (Phi) is 5.05. The maximum atomic E-state index is 12.3. The van der Waals surface area contributed by atoms with Crippen LogP contribution in [0.25, 0.3) is 0 Å². The Morgan fingerprint density at radius 3 is 2.82 bits per heavy atom. The van der Waals surface area contributed by atoms with Crippen LogP contribution in [0.4, 0.5) is 4.79 Å². The molecular weight excluding hydrogens is 304 g/mol. The van der Waals surface area contributed by atoms with Crippen molar-refractivity contribution in [2.75, 3.05) is 13.2 Å². The van der Waals surface area contributed by atoms with Crippen molar-refractivity contribution in [3.63, 3.8) is 0 Å². The second-order valence-corrected chi connectivity index (χ2v) is 7.01. The van der Waals surface area contributed by atoms with Gasteiger partial charge in [-0.2, -0.15) is 0 Å². The van der Waals surface area contributed by atoms with Crippen molar-refractivity contribution in [2.45, 2.75) is 52.2 Å². The standard InChI is InChI=1S/C15H22N2O4S/c1-5-20-13(18)10-9-22-12(16-10)11-7-6-8-17(11)14(19)21-15(2,3)4/h9,11H,5-8H2,1-4H3/t11-/m0/s1. The van der Waals surface area contributed by atoms with Crippen molar-refractivity contribution < 1.29 is 19.1 Å². The van der Waals surface area contributed by atoms with E-state index < -0.39 is 11.6 Å². The molecular formula is C15H22N2O4S. The van der Waals surface area contributed by atoms with Gasteiger partial charge in [-0.1, -0.05) is 0 Å². The van der Waals surface area contributed by atoms with Gasteiger partial charge in [-0.25, -0.2) is 14.6 Å². The normalized spacial score (nSPS) is 18.4. The molecule has 1 amide bonds. The van der Waals surface area contributed by atoms with Crippen molar-refractivity contribution in [2.24, 2.45) is 0 Å². The first-order chi connectivity index (χ1) is 10.3. The van der Waals surface area contributed by atoms with Gasteiger partial charge in [0.2, 0.25) is 0 Å². The SMILES string of the molecule is CCOC(=O)c1csc([C@@H]2CCCN2C(=O)OC(C)(C)C)n1. The van der Waals surface area contributed by atoms with Crippen molar-refractivity contribution in [1.29, 1.82) is 0 Å². The van der Waals surface area contributed by atoms with Crippen LogP contribution in [0.15, 0.2) is 5.38 Å². The Hall–Kier alpha value is -1.63. The molecule has 7 heteroatoms. The van der Waals surface area contributed by atoms with Gasteiger partial charge in [0.1, 0.15) is 10.6 Å². The Labute approximate surface area is 134 Å². The molecule has 0 bridgehead atoms. The summed E-state index contributed by atoms with van der Waals surface area (Å²) >= 11 is 1.38. The number of amides is 1. The Morgan fingerprint density at radius 2 is 2.18 bits per heavy atom. The topological polar surface area (TPSA) is 68.7 Å². The molecule has 0 radical (unpaired) electrons. The second-order valence-electron chi connectivity index (χ2n) is 6.12. The van der Waals surface area contributed by atoms with Crippen molar-refractivity contribution in [1.82, 2.24) is 9.88 Å². The zero-order valence-electron chi connectivity index (χ0n) is 13.4. The molecule has 122 valence electrons. The van der Waals surface area contributed by atoms with Crippen LogP contribution >= 0.6 is 11.3 Å². The fourth-order valence-electron chi connectivity index (χ4n) is 2.30. The number of carbonyl (C=O) groups is 2. The van der Waals surface area contributed by atoms with E-state index in [1.807, 2.05) is 20.8 Å². The molecule has 0 aromatic carbocycles. The molecule has 1 aliphatic heterocycles. The number of carbonyl (C=O) groups excluding carboxylic acids is 2. The van der Waals surface area contributed by atoms with Crippen LogP contribution < -0.4 is 0 Å². The average Bonchev–Trinajstić information content (AvgIpc) is 3.06. The first-order valence-corrected chi connectivity index (χ1v) is 8.32. The maximum absolute atomic E-state index is 12.3. The molecule has 1 atom stereocenters. The summed E-state index contributed by atoms with van der Waals surface area (Å²) in [5, 5.41) is 2.44. The number of hydrogen-bond donors (Lipinski definition) is 0. The Bertz CT molecular complexity index is 550. The highest BCUT2D eigenvalue weighted by atomic mass is 32.1. The van der Waals surface area contributed by atoms with Crippen LogP contribution in [-0.2, 0) is 9.47 Å². The van der Waals surface area contributed by atoms with Crippen LogP contribution in [0.3, 0.4) is 0 Å². The van der Waals surface area contributed by atoms with Gasteiger partial charge in [0.25, 0.3) is 0 Å². The molecule has 2 heterocycles. The molecule has 1 fully saturated rings. The van der Waals surface area contributed by atoms with Crippen LogP contribution in [0, 0.1) is 0 Å². The van der Waals surface area contributed by atoms with Gasteiger partial charge in [0.05, 0.1) is 12.6 Å². The summed E-state index contributed by atoms with van der Waals surface area (Å²) in [5.41, 5.74) is -0.221. The summed E-state index contributed by atoms with van der Waals surface area (Å²) in [7, 11) is 0. The summed E-state index contributed by atoms with van der Waals surface area (Å²) in [4.78, 5) is 30.0. The smallest absolute Gasteiger partial charge is 0.410 e. The van der Waals surface area contributed by atoms with E-state index in [2.05, 4.69) is 4.98 Å². The van der Waals surface area contributed by atoms with Gasteiger partial charge >= 0.3 is 12.1 Å². The number of nitrogens with zero attached hydrogens (tertiary/aromatic N) is 2. The third-order valence-corrected chi connectivity index (χ3v) is 4.12. The average molecular weight is 326 g/mol. The third-order valence-electron chi connectivity index (χ3n) is 3.17. The zero-order valence-corrected chi connectivity index (χ0v) is 14.2. The van der Waals surface area contributed by atoms with E-state index in [0.29, 0.717) is 18.8 Å². The highest BCUT2D eigenvalue weighted by Crippen LogP contribution is 2.34. The van der Waals surface area contributed by atoms with E-state index in [1.54, 1.807) is 17.2 Å². The van der Waals surface area contributed by atoms with Crippen LogP contribution in [0.2, 0.25) is 0 Å². The molecule has 1 aromatic rings. The lowest BCUT2D eigenvalue weighted by molar-refractivity contribution is 0.0224. The summed E-state index contributed by atoms with van der Waals surface area (Å²) < 4.78 is 10.4. The van der Waals surface area contributed by atoms with E-state index in [0.717, 1.165) is 17.8 Å². The molecule has 0 spiro atoms. The molecule has 22 heavy (non-hydrogen) atoms. The fourth-order valence-corrected chi connectivity index (χ4v) is 3.24. The summed E-state index contributed by atoms with van der Waals surface area (Å²) in [6.07, 6.45) is 1.40. The molecule has 6 nitrogen and oxygen atoms in total. The van der Waals surface area contributed by atoms with E-state index in [9.17, 15) is 9.59 Å². The lowest BCUT2D eigenvalue weighted by Crippen LogP contribution is -2.36. The largest absolute Gasteiger partial charge is 0.461 e. The lowest BCUT2D eigenvalue weighted by Gasteiger charge is -2.27. The van der Waals surface area contributed by atoms with Crippen molar-refractivity contribution in [3.8, 4) is 0 Å². The van der Waals surface area contributed by atoms with Crippen molar-refractivity contribution in [3.05, 3.63) is 16.1 Å². The number of hydrogen-bond acceptors (Lipinski definition) is 6. The van der Waals surface area contributed by atoms with Crippen LogP contribution in [-0.4, -0.2) is 40.7 Å². The number of esters is 1. The van der Waals surface area contributed by atoms with Gasteiger partial charge in [0, 0.05) is 11.9 Å². The van der Waals surface area contributed by atoms with E-state index in [-0.39, 0.29) is 12.1 Å². The number of rotatable bonds is 3. The highest BCUT2D eigenvalue weighted by molar-refractivity contribution is 7.09. The molecule has 0 aliphatic carbocycles. The molecule has 1 saturated heterocycles. The van der Waals surface area contributed by atoms with Crippen LogP contribution in [0.1, 0.15) is 62.1 Å². The fraction of sp³-hybridized carbons (Fsp3) is 0.667. The molecule has 0 unspecified atom stereocenters. The predicted octanol–water partition coefficient (Wildman–Crippen LogP) is 3.39. The minimum atomic E-state index is -0.525. The highest BCUT2D eigenvalue weighted by Gasteiger charge is 2.35. The predicted molar refractivity (Wildman–Crippen MR) is 83.0 cm³/mol. The number of ether oxygens (including phenoxy) is 2. The molecule has 1 aromatic heterocycles. The number of aromatic nitrogens is 1. The van der Waals surface area contributed by atoms with Gasteiger partial charge in [-0.05, 0) is 40.5 Å². The zero-order chi connectivity index (χ0) is 16.3. The minimum Gasteiger partial charge on any atom is -0.461 e. The van der Waals surface area contributed by atoms with Crippen molar-refractivity contribution >= 4 is 23.4 Å². The van der Waals surface area contributed by atoms with Gasteiger partial charge in [0.15, 0.2) is 5.69 Å². The first-order valence-electron chi connectivity index (χ1n) is 7.44. The quantitative estimate of drug-likeness (QED) is 0.796. The van der Waals surface area contributed by atoms with Gasteiger partial charge < -0.3 is 9.47 Å². The molecule has 0 saturated carbocycles. The van der Waals surface area contributed by atoms with E-state index in [1.165, 1.54) is 11.3 Å². The monoisotopic (exact) mass is 326 g/mol. The third kappa shape index (κ3) is 3.97. The lowest BCUT2D eigenvalue weighted by atomic mass is 10.2. The molecule has 2 rings (SSSR count). The second kappa shape index (κ2) is 6.64. The maximum Gasteiger partial charge on any atom is 0.410 e. The van der Waals surface area contributed by atoms with E-state index in [4.69, 9.17) is 9.47 Å². The summed E-state index contributed by atoms with van der Waals surface area (Å²) in [6.45, 7) is 8.26. The molecule has 0 N–H and O–H groups in total. The Morgan fingerprint density at radius 1 is 1.45 bits per heavy atom.